The van der Waals surface area contributed by atoms with Crippen molar-refractivity contribution in [2.75, 3.05) is 6.54 Å². The first-order valence-electron chi connectivity index (χ1n) is 5.72. The first-order chi connectivity index (χ1) is 7.42. The van der Waals surface area contributed by atoms with Crippen molar-refractivity contribution in [3.63, 3.8) is 0 Å². The Kier molecular flexibility index (Phi) is 3.51. The number of aromatic nitrogens is 1. The fraction of sp³-hybridized carbons (Fsp3) is 0.462. The smallest absolute Gasteiger partial charge is 0.0504 e. The Morgan fingerprint density at radius 1 is 1.53 bits per heavy atom. The fourth-order valence-corrected chi connectivity index (χ4v) is 2.19. The van der Waals surface area contributed by atoms with Gasteiger partial charge in [-0.3, -0.25) is 4.98 Å². The summed E-state index contributed by atoms with van der Waals surface area (Å²) in [6.07, 6.45) is 11.0. The highest BCUT2D eigenvalue weighted by molar-refractivity contribution is 5.29. The molecule has 0 amide bonds. The van der Waals surface area contributed by atoms with E-state index >= 15 is 0 Å². The molecule has 0 saturated carbocycles. The lowest BCUT2D eigenvalue weighted by Gasteiger charge is -2.21. The van der Waals surface area contributed by atoms with Crippen LogP contribution in [0, 0.1) is 0 Å². The summed E-state index contributed by atoms with van der Waals surface area (Å²) in [4.78, 5) is 4.50. The Bertz CT molecular complexity index is 344. The highest BCUT2D eigenvalue weighted by atomic mass is 14.7. The summed E-state index contributed by atoms with van der Waals surface area (Å²) in [6.45, 7) is 0.734. The van der Waals surface area contributed by atoms with Gasteiger partial charge in [0.05, 0.1) is 5.69 Å². The maximum absolute atomic E-state index is 5.47. The van der Waals surface area contributed by atoms with E-state index in [0.29, 0.717) is 5.92 Å². The van der Waals surface area contributed by atoms with Crippen LogP contribution in [0.25, 0.3) is 0 Å². The maximum atomic E-state index is 5.47. The van der Waals surface area contributed by atoms with Crippen molar-refractivity contribution in [3.8, 4) is 0 Å². The quantitative estimate of drug-likeness (QED) is 0.764. The van der Waals surface area contributed by atoms with Crippen LogP contribution in [0.2, 0.25) is 0 Å². The van der Waals surface area contributed by atoms with Gasteiger partial charge in [0.15, 0.2) is 0 Å². The molecule has 0 spiro atoms. The van der Waals surface area contributed by atoms with Gasteiger partial charge < -0.3 is 5.73 Å². The van der Waals surface area contributed by atoms with Crippen molar-refractivity contribution in [2.24, 2.45) is 5.73 Å². The van der Waals surface area contributed by atoms with Crippen molar-refractivity contribution in [2.45, 2.75) is 31.6 Å². The summed E-state index contributed by atoms with van der Waals surface area (Å²) in [6, 6.07) is 4.23. The minimum Gasteiger partial charge on any atom is -0.330 e. The van der Waals surface area contributed by atoms with E-state index in [1.54, 1.807) is 0 Å². The first-order valence-corrected chi connectivity index (χ1v) is 5.72. The number of rotatable bonds is 3. The Labute approximate surface area is 91.2 Å². The largest absolute Gasteiger partial charge is 0.330 e. The van der Waals surface area contributed by atoms with Crippen LogP contribution in [-0.4, -0.2) is 11.5 Å². The predicted molar refractivity (Wildman–Crippen MR) is 62.7 cm³/mol. The zero-order chi connectivity index (χ0) is 10.5. The van der Waals surface area contributed by atoms with E-state index < -0.39 is 0 Å². The number of fused-ring (bicyclic) bond motifs is 1. The molecule has 1 unspecified atom stereocenters. The van der Waals surface area contributed by atoms with Gasteiger partial charge in [-0.25, -0.2) is 0 Å². The van der Waals surface area contributed by atoms with Gasteiger partial charge in [0, 0.05) is 12.1 Å². The number of nitrogens with zero attached hydrogens (tertiary/aromatic N) is 1. The lowest BCUT2D eigenvalue weighted by molar-refractivity contribution is 0.610. The highest BCUT2D eigenvalue weighted by Crippen LogP contribution is 2.30. The van der Waals surface area contributed by atoms with Crippen LogP contribution in [-0.2, 0) is 6.42 Å². The Balaban J connectivity index is 2.15. The molecule has 2 N–H and O–H groups in total. The van der Waals surface area contributed by atoms with Crippen LogP contribution in [0.15, 0.2) is 30.5 Å². The van der Waals surface area contributed by atoms with Gasteiger partial charge in [0.1, 0.15) is 0 Å². The molecule has 0 radical (unpaired) electrons. The van der Waals surface area contributed by atoms with Crippen LogP contribution in [0.3, 0.4) is 0 Å². The molecule has 0 aromatic carbocycles. The van der Waals surface area contributed by atoms with Gasteiger partial charge in [0.25, 0.3) is 0 Å². The van der Waals surface area contributed by atoms with Crippen LogP contribution >= 0.6 is 0 Å². The summed E-state index contributed by atoms with van der Waals surface area (Å²) in [5.74, 6) is 0.515. The van der Waals surface area contributed by atoms with E-state index in [1.807, 2.05) is 12.3 Å². The minimum absolute atomic E-state index is 0.515. The van der Waals surface area contributed by atoms with Crippen LogP contribution in [0.5, 0.6) is 0 Å². The van der Waals surface area contributed by atoms with E-state index in [9.17, 15) is 0 Å². The molecule has 80 valence electrons. The maximum Gasteiger partial charge on any atom is 0.0504 e. The number of hydrogen-bond donors (Lipinski definition) is 1. The molecule has 15 heavy (non-hydrogen) atoms. The Morgan fingerprint density at radius 3 is 3.33 bits per heavy atom. The standard InChI is InChI=1S/C13H18N2/c14-9-2-1-5-11-6-3-7-12-8-4-10-15-13(11)12/h1,4-5,8,10-11H,2-3,6-7,9,14H2. The second-order valence-corrected chi connectivity index (χ2v) is 4.05. The van der Waals surface area contributed by atoms with E-state index in [2.05, 4.69) is 23.2 Å². The summed E-state index contributed by atoms with van der Waals surface area (Å²) < 4.78 is 0. The third-order valence-corrected chi connectivity index (χ3v) is 2.94. The fourth-order valence-electron chi connectivity index (χ4n) is 2.19. The number of nitrogens with two attached hydrogens (primary N) is 1. The molecule has 0 saturated heterocycles. The first kappa shape index (κ1) is 10.4. The van der Waals surface area contributed by atoms with Crippen LogP contribution < -0.4 is 5.73 Å². The van der Waals surface area contributed by atoms with Gasteiger partial charge in [-0.15, -0.1) is 0 Å². The van der Waals surface area contributed by atoms with Crippen LogP contribution in [0.1, 0.15) is 36.4 Å². The van der Waals surface area contributed by atoms with E-state index in [0.717, 1.165) is 13.0 Å². The van der Waals surface area contributed by atoms with Crippen molar-refractivity contribution >= 4 is 0 Å². The number of pyridine rings is 1. The average molecular weight is 202 g/mol. The van der Waals surface area contributed by atoms with E-state index in [-0.39, 0.29) is 0 Å². The molecule has 0 aliphatic heterocycles. The molecule has 1 aromatic heterocycles. The molecule has 2 rings (SSSR count). The number of allylic oxidation sites excluding steroid dienone is 1. The third kappa shape index (κ3) is 2.45. The lowest BCUT2D eigenvalue weighted by atomic mass is 9.86. The Hall–Kier alpha value is -1.15. The van der Waals surface area contributed by atoms with Crippen molar-refractivity contribution < 1.29 is 0 Å². The highest BCUT2D eigenvalue weighted by Gasteiger charge is 2.18. The minimum atomic E-state index is 0.515. The molecular formula is C13H18N2. The third-order valence-electron chi connectivity index (χ3n) is 2.94. The molecule has 1 heterocycles. The van der Waals surface area contributed by atoms with Crippen molar-refractivity contribution in [1.29, 1.82) is 0 Å². The van der Waals surface area contributed by atoms with Gasteiger partial charge in [-0.1, -0.05) is 18.2 Å². The van der Waals surface area contributed by atoms with Crippen molar-refractivity contribution in [3.05, 3.63) is 41.7 Å². The van der Waals surface area contributed by atoms with E-state index in [4.69, 9.17) is 5.73 Å². The molecular weight excluding hydrogens is 184 g/mol. The summed E-state index contributed by atoms with van der Waals surface area (Å²) >= 11 is 0. The second kappa shape index (κ2) is 5.08. The molecule has 2 heteroatoms. The number of hydrogen-bond acceptors (Lipinski definition) is 2. The van der Waals surface area contributed by atoms with Gasteiger partial charge >= 0.3 is 0 Å². The average Bonchev–Trinajstić information content (AvgIpc) is 2.30. The molecule has 1 aromatic rings. The molecule has 2 nitrogen and oxygen atoms in total. The summed E-state index contributed by atoms with van der Waals surface area (Å²) in [7, 11) is 0. The monoisotopic (exact) mass is 202 g/mol. The van der Waals surface area contributed by atoms with Gasteiger partial charge in [-0.2, -0.15) is 0 Å². The summed E-state index contributed by atoms with van der Waals surface area (Å²) in [5.41, 5.74) is 8.17. The zero-order valence-corrected chi connectivity index (χ0v) is 9.02. The normalized spacial score (nSPS) is 20.5. The van der Waals surface area contributed by atoms with Gasteiger partial charge in [0.2, 0.25) is 0 Å². The molecule has 1 atom stereocenters. The van der Waals surface area contributed by atoms with Crippen LogP contribution in [0.4, 0.5) is 0 Å². The Morgan fingerprint density at radius 2 is 2.47 bits per heavy atom. The van der Waals surface area contributed by atoms with Crippen molar-refractivity contribution in [1.82, 2.24) is 4.98 Å². The number of aryl methyl sites for hydroxylation is 1. The van der Waals surface area contributed by atoms with Gasteiger partial charge in [-0.05, 0) is 43.9 Å². The zero-order valence-electron chi connectivity index (χ0n) is 9.02. The topological polar surface area (TPSA) is 38.9 Å². The predicted octanol–water partition coefficient (Wildman–Crippen LogP) is 2.41. The summed E-state index contributed by atoms with van der Waals surface area (Å²) in [5, 5.41) is 0. The second-order valence-electron chi connectivity index (χ2n) is 4.05. The van der Waals surface area contributed by atoms with E-state index in [1.165, 1.54) is 30.5 Å². The molecule has 0 bridgehead atoms. The molecule has 1 aliphatic carbocycles. The SMILES string of the molecule is NCCC=CC1CCCc2cccnc21. The molecule has 0 fully saturated rings. The molecule has 1 aliphatic rings. The lowest BCUT2D eigenvalue weighted by Crippen LogP contribution is -2.09.